The third kappa shape index (κ3) is 5.01. The van der Waals surface area contributed by atoms with E-state index in [-0.39, 0.29) is 17.1 Å². The van der Waals surface area contributed by atoms with Crippen LogP contribution >= 0.6 is 0 Å². The number of sulfone groups is 1. The van der Waals surface area contributed by atoms with Gasteiger partial charge in [0.2, 0.25) is 0 Å². The number of carbonyl (C=O) groups excluding carboxylic acids is 1. The van der Waals surface area contributed by atoms with E-state index in [1.807, 2.05) is 0 Å². The molecule has 0 saturated heterocycles. The Labute approximate surface area is 192 Å². The van der Waals surface area contributed by atoms with Crippen molar-refractivity contribution in [1.29, 1.82) is 0 Å². The molecule has 2 aromatic rings. The maximum atomic E-state index is 13.1. The van der Waals surface area contributed by atoms with Crippen LogP contribution in [0.4, 0.5) is 0 Å². The first-order chi connectivity index (χ1) is 15.6. The van der Waals surface area contributed by atoms with E-state index in [1.165, 1.54) is 26.2 Å². The fourth-order valence-electron chi connectivity index (χ4n) is 3.70. The van der Waals surface area contributed by atoms with E-state index in [4.69, 9.17) is 9.47 Å². The van der Waals surface area contributed by atoms with Crippen molar-refractivity contribution in [3.05, 3.63) is 71.4 Å². The van der Waals surface area contributed by atoms with E-state index in [1.54, 1.807) is 49.4 Å². The molecule has 2 unspecified atom stereocenters. The van der Waals surface area contributed by atoms with Crippen molar-refractivity contribution in [3.63, 3.8) is 0 Å². The summed E-state index contributed by atoms with van der Waals surface area (Å²) < 4.78 is 35.6. The molecule has 2 aromatic carbocycles. The number of rotatable bonds is 8. The molecule has 0 bridgehead atoms. The summed E-state index contributed by atoms with van der Waals surface area (Å²) in [6.07, 6.45) is 0. The van der Waals surface area contributed by atoms with Gasteiger partial charge >= 0.3 is 11.9 Å². The SMILES string of the molecule is COc1cccc(C2C(C(=O)OCCS(=O)(=O)c3ccccc3)=C(C)NNC2(C)C(=O)O)c1. The lowest BCUT2D eigenvalue weighted by Crippen LogP contribution is -2.62. The minimum atomic E-state index is -3.64. The highest BCUT2D eigenvalue weighted by molar-refractivity contribution is 7.91. The predicted octanol–water partition coefficient (Wildman–Crippen LogP) is 2.02. The van der Waals surface area contributed by atoms with Crippen LogP contribution in [0.1, 0.15) is 25.3 Å². The number of hydrogen-bond acceptors (Lipinski definition) is 8. The number of carboxylic acid groups (broad SMARTS) is 1. The van der Waals surface area contributed by atoms with Crippen LogP contribution in [0.25, 0.3) is 0 Å². The molecule has 2 atom stereocenters. The van der Waals surface area contributed by atoms with Crippen LogP contribution in [-0.4, -0.2) is 50.5 Å². The second kappa shape index (κ2) is 9.63. The highest BCUT2D eigenvalue weighted by Crippen LogP contribution is 2.40. The quantitative estimate of drug-likeness (QED) is 0.492. The molecule has 176 valence electrons. The molecule has 0 amide bonds. The summed E-state index contributed by atoms with van der Waals surface area (Å²) in [4.78, 5) is 25.4. The summed E-state index contributed by atoms with van der Waals surface area (Å²) >= 11 is 0. The highest BCUT2D eigenvalue weighted by atomic mass is 32.2. The first-order valence-corrected chi connectivity index (χ1v) is 11.8. The van der Waals surface area contributed by atoms with E-state index in [2.05, 4.69) is 10.9 Å². The molecule has 9 nitrogen and oxygen atoms in total. The first-order valence-electron chi connectivity index (χ1n) is 10.2. The molecule has 1 aliphatic heterocycles. The van der Waals surface area contributed by atoms with Gasteiger partial charge in [0.25, 0.3) is 0 Å². The lowest BCUT2D eigenvalue weighted by molar-refractivity contribution is -0.146. The van der Waals surface area contributed by atoms with Crippen molar-refractivity contribution in [2.75, 3.05) is 19.5 Å². The Bertz CT molecular complexity index is 1180. The number of esters is 1. The summed E-state index contributed by atoms with van der Waals surface area (Å²) in [5, 5.41) is 9.96. The molecule has 3 N–H and O–H groups in total. The van der Waals surface area contributed by atoms with Gasteiger partial charge in [-0.1, -0.05) is 30.3 Å². The minimum absolute atomic E-state index is 0.0870. The van der Waals surface area contributed by atoms with Gasteiger partial charge in [0.15, 0.2) is 9.84 Å². The van der Waals surface area contributed by atoms with E-state index >= 15 is 0 Å². The zero-order valence-electron chi connectivity index (χ0n) is 18.5. The van der Waals surface area contributed by atoms with Crippen molar-refractivity contribution < 1.29 is 32.6 Å². The molecular weight excluding hydrogens is 448 g/mol. The predicted molar refractivity (Wildman–Crippen MR) is 120 cm³/mol. The smallest absolute Gasteiger partial charge is 0.336 e. The van der Waals surface area contributed by atoms with E-state index in [0.717, 1.165) is 0 Å². The molecule has 0 aliphatic carbocycles. The Morgan fingerprint density at radius 3 is 2.45 bits per heavy atom. The highest BCUT2D eigenvalue weighted by Gasteiger charge is 2.49. The largest absolute Gasteiger partial charge is 0.497 e. The van der Waals surface area contributed by atoms with Gasteiger partial charge in [-0.3, -0.25) is 4.79 Å². The molecule has 3 rings (SSSR count). The van der Waals surface area contributed by atoms with Crippen LogP contribution in [0.5, 0.6) is 5.75 Å². The Morgan fingerprint density at radius 1 is 1.12 bits per heavy atom. The molecule has 0 spiro atoms. The van der Waals surface area contributed by atoms with Crippen molar-refractivity contribution in [3.8, 4) is 5.75 Å². The molecule has 33 heavy (non-hydrogen) atoms. The molecule has 0 aromatic heterocycles. The van der Waals surface area contributed by atoms with Crippen LogP contribution in [0.3, 0.4) is 0 Å². The van der Waals surface area contributed by atoms with E-state index < -0.39 is 39.0 Å². The van der Waals surface area contributed by atoms with E-state index in [0.29, 0.717) is 17.0 Å². The second-order valence-corrected chi connectivity index (χ2v) is 9.88. The average molecular weight is 475 g/mol. The summed E-state index contributed by atoms with van der Waals surface area (Å²) in [6, 6.07) is 14.6. The number of carboxylic acids is 1. The molecule has 1 heterocycles. The first kappa shape index (κ1) is 24.3. The zero-order valence-corrected chi connectivity index (χ0v) is 19.3. The summed E-state index contributed by atoms with van der Waals surface area (Å²) in [7, 11) is -2.16. The van der Waals surface area contributed by atoms with Crippen molar-refractivity contribution >= 4 is 21.8 Å². The number of aliphatic carboxylic acids is 1. The van der Waals surface area contributed by atoms with Gasteiger partial charge in [0, 0.05) is 11.6 Å². The Balaban J connectivity index is 1.89. The van der Waals surface area contributed by atoms with Gasteiger partial charge in [0.1, 0.15) is 17.9 Å². The number of hydrazine groups is 1. The molecule has 1 aliphatic rings. The molecular formula is C23H26N2O7S. The molecule has 0 fully saturated rings. The number of methoxy groups -OCH3 is 1. The maximum absolute atomic E-state index is 13.1. The van der Waals surface area contributed by atoms with E-state index in [9.17, 15) is 23.1 Å². The number of carbonyl (C=O) groups is 2. The van der Waals surface area contributed by atoms with Crippen LogP contribution in [0, 0.1) is 0 Å². The number of benzene rings is 2. The summed E-state index contributed by atoms with van der Waals surface area (Å²) in [6.45, 7) is 2.68. The second-order valence-electron chi connectivity index (χ2n) is 7.77. The summed E-state index contributed by atoms with van der Waals surface area (Å²) in [5.41, 5.74) is 4.89. The minimum Gasteiger partial charge on any atom is -0.497 e. The zero-order chi connectivity index (χ0) is 24.2. The Kier molecular flexibility index (Phi) is 7.09. The fourth-order valence-corrected chi connectivity index (χ4v) is 4.81. The van der Waals surface area contributed by atoms with Crippen LogP contribution in [-0.2, 0) is 24.2 Å². The van der Waals surface area contributed by atoms with Gasteiger partial charge in [-0.15, -0.1) is 0 Å². The molecule has 10 heteroatoms. The van der Waals surface area contributed by atoms with Gasteiger partial charge in [-0.05, 0) is 43.7 Å². The van der Waals surface area contributed by atoms with Crippen LogP contribution in [0.15, 0.2) is 70.8 Å². The maximum Gasteiger partial charge on any atom is 0.336 e. The fraction of sp³-hybridized carbons (Fsp3) is 0.304. The van der Waals surface area contributed by atoms with Crippen LogP contribution in [0.2, 0.25) is 0 Å². The lowest BCUT2D eigenvalue weighted by Gasteiger charge is -2.41. The van der Waals surface area contributed by atoms with Crippen molar-refractivity contribution in [2.45, 2.75) is 30.2 Å². The van der Waals surface area contributed by atoms with Crippen molar-refractivity contribution in [2.24, 2.45) is 0 Å². The van der Waals surface area contributed by atoms with Gasteiger partial charge in [-0.2, -0.15) is 0 Å². The third-order valence-corrected chi connectivity index (χ3v) is 7.25. The Hall–Kier alpha value is -3.37. The van der Waals surface area contributed by atoms with Gasteiger partial charge < -0.3 is 20.0 Å². The van der Waals surface area contributed by atoms with Gasteiger partial charge in [-0.25, -0.2) is 18.6 Å². The normalized spacial score (nSPS) is 20.6. The standard InChI is InChI=1S/C23H26N2O7S/c1-15-19(21(26)32-12-13-33(29,30)18-10-5-4-6-11-18)20(23(2,22(27)28)25-24-15)16-8-7-9-17(14-16)31-3/h4-11,14,20,24-25H,12-13H2,1-3H3,(H,27,28). The average Bonchev–Trinajstić information content (AvgIpc) is 2.80. The number of hydrogen-bond donors (Lipinski definition) is 3. The molecule has 0 radical (unpaired) electrons. The molecule has 0 saturated carbocycles. The monoisotopic (exact) mass is 474 g/mol. The number of allylic oxidation sites excluding steroid dienone is 1. The van der Waals surface area contributed by atoms with Gasteiger partial charge in [0.05, 0.1) is 23.3 Å². The summed E-state index contributed by atoms with van der Waals surface area (Å²) in [5.74, 6) is -2.83. The topological polar surface area (TPSA) is 131 Å². The Morgan fingerprint density at radius 2 is 1.82 bits per heavy atom. The van der Waals surface area contributed by atoms with Crippen molar-refractivity contribution in [1.82, 2.24) is 10.9 Å². The lowest BCUT2D eigenvalue weighted by atomic mass is 9.74. The third-order valence-electron chi connectivity index (χ3n) is 5.56. The number of ether oxygens (including phenoxy) is 2. The van der Waals surface area contributed by atoms with Crippen LogP contribution < -0.4 is 15.6 Å². The number of nitrogens with one attached hydrogen (secondary N) is 2.